The molecular formula is C28H30N2O5. The summed E-state index contributed by atoms with van der Waals surface area (Å²) in [5.41, 5.74) is 2.30. The average Bonchev–Trinajstić information content (AvgIpc) is 2.92. The molecule has 2 unspecified atom stereocenters. The third kappa shape index (κ3) is 5.57. The molecule has 7 nitrogen and oxygen atoms in total. The lowest BCUT2D eigenvalue weighted by Crippen LogP contribution is -2.46. The number of anilines is 1. The lowest BCUT2D eigenvalue weighted by Gasteiger charge is -2.37. The molecule has 0 bridgehead atoms. The Kier molecular flexibility index (Phi) is 7.55. The summed E-state index contributed by atoms with van der Waals surface area (Å²) in [5.74, 6) is 1.26. The smallest absolute Gasteiger partial charge is 0.253 e. The number of hydrogen-bond donors (Lipinski definition) is 1. The van der Waals surface area contributed by atoms with Gasteiger partial charge in [0, 0.05) is 36.3 Å². The number of rotatable bonds is 7. The molecule has 0 spiro atoms. The van der Waals surface area contributed by atoms with Crippen molar-refractivity contribution in [3.05, 3.63) is 83.9 Å². The zero-order valence-electron chi connectivity index (χ0n) is 20.2. The minimum absolute atomic E-state index is 0.0494. The van der Waals surface area contributed by atoms with Crippen molar-refractivity contribution in [2.75, 3.05) is 39.7 Å². The van der Waals surface area contributed by atoms with Gasteiger partial charge in [-0.15, -0.1) is 0 Å². The number of carbonyl (C=O) groups is 2. The molecule has 7 heteroatoms. The van der Waals surface area contributed by atoms with Crippen LogP contribution in [-0.2, 0) is 4.79 Å². The minimum atomic E-state index is -0.371. The van der Waals surface area contributed by atoms with Crippen molar-refractivity contribution in [1.29, 1.82) is 0 Å². The maximum absolute atomic E-state index is 13.4. The van der Waals surface area contributed by atoms with Gasteiger partial charge in [0.1, 0.15) is 5.75 Å². The van der Waals surface area contributed by atoms with Gasteiger partial charge in [0.05, 0.1) is 27.2 Å². The molecule has 2 amide bonds. The van der Waals surface area contributed by atoms with E-state index in [1.54, 1.807) is 68.7 Å². The van der Waals surface area contributed by atoms with Crippen LogP contribution in [-0.4, -0.2) is 51.1 Å². The van der Waals surface area contributed by atoms with Crippen molar-refractivity contribution in [2.24, 2.45) is 5.92 Å². The Labute approximate surface area is 205 Å². The van der Waals surface area contributed by atoms with Crippen LogP contribution in [0, 0.1) is 5.92 Å². The fourth-order valence-electron chi connectivity index (χ4n) is 4.50. The van der Waals surface area contributed by atoms with Crippen molar-refractivity contribution in [2.45, 2.75) is 12.3 Å². The molecule has 3 aromatic rings. The molecule has 4 rings (SSSR count). The van der Waals surface area contributed by atoms with E-state index in [2.05, 4.69) is 17.4 Å². The van der Waals surface area contributed by atoms with Gasteiger partial charge in [-0.3, -0.25) is 9.59 Å². The number of amides is 2. The van der Waals surface area contributed by atoms with Crippen molar-refractivity contribution in [3.63, 3.8) is 0 Å². The molecule has 0 saturated carbocycles. The Balaban J connectivity index is 1.56. The molecule has 2 atom stereocenters. The SMILES string of the molecule is COc1ccc(C(=O)N2CC(C(=O)Nc3ccc(OC)c(OC)c3)CC(c3ccccc3)C2)cc1. The van der Waals surface area contributed by atoms with Crippen LogP contribution >= 0.6 is 0 Å². The Bertz CT molecular complexity index is 1160. The van der Waals surface area contributed by atoms with E-state index in [0.717, 1.165) is 5.56 Å². The molecule has 1 heterocycles. The summed E-state index contributed by atoms with van der Waals surface area (Å²) in [5, 5.41) is 3.00. The Morgan fingerprint density at radius 1 is 0.829 bits per heavy atom. The molecule has 35 heavy (non-hydrogen) atoms. The average molecular weight is 475 g/mol. The van der Waals surface area contributed by atoms with E-state index >= 15 is 0 Å². The van der Waals surface area contributed by atoms with Crippen LogP contribution in [0.25, 0.3) is 0 Å². The van der Waals surface area contributed by atoms with Crippen LogP contribution < -0.4 is 19.5 Å². The van der Waals surface area contributed by atoms with Gasteiger partial charge in [-0.2, -0.15) is 0 Å². The quantitative estimate of drug-likeness (QED) is 0.542. The normalized spacial score (nSPS) is 17.4. The fraction of sp³-hybridized carbons (Fsp3) is 0.286. The van der Waals surface area contributed by atoms with Crippen LogP contribution in [0.2, 0.25) is 0 Å². The van der Waals surface area contributed by atoms with E-state index in [9.17, 15) is 9.59 Å². The zero-order valence-corrected chi connectivity index (χ0v) is 20.2. The maximum atomic E-state index is 13.4. The van der Waals surface area contributed by atoms with Gasteiger partial charge in [-0.25, -0.2) is 0 Å². The van der Waals surface area contributed by atoms with E-state index in [1.807, 2.05) is 18.2 Å². The van der Waals surface area contributed by atoms with Crippen molar-refractivity contribution in [3.8, 4) is 17.2 Å². The summed E-state index contributed by atoms with van der Waals surface area (Å²) in [6.07, 6.45) is 0.648. The molecule has 1 aliphatic rings. The van der Waals surface area contributed by atoms with Gasteiger partial charge in [0.15, 0.2) is 11.5 Å². The topological polar surface area (TPSA) is 77.1 Å². The second-order valence-electron chi connectivity index (χ2n) is 8.54. The number of ether oxygens (including phenoxy) is 3. The van der Waals surface area contributed by atoms with Crippen molar-refractivity contribution < 1.29 is 23.8 Å². The van der Waals surface area contributed by atoms with E-state index in [1.165, 1.54) is 0 Å². The number of benzene rings is 3. The first-order valence-electron chi connectivity index (χ1n) is 11.5. The summed E-state index contributed by atoms with van der Waals surface area (Å²) in [7, 11) is 4.71. The summed E-state index contributed by atoms with van der Waals surface area (Å²) in [6.45, 7) is 0.891. The largest absolute Gasteiger partial charge is 0.497 e. The molecule has 0 aromatic heterocycles. The number of nitrogens with zero attached hydrogens (tertiary/aromatic N) is 1. The van der Waals surface area contributed by atoms with Gasteiger partial charge in [0.2, 0.25) is 5.91 Å². The summed E-state index contributed by atoms with van der Waals surface area (Å²) in [4.78, 5) is 28.5. The van der Waals surface area contributed by atoms with Gasteiger partial charge >= 0.3 is 0 Å². The van der Waals surface area contributed by atoms with Gasteiger partial charge < -0.3 is 24.4 Å². The van der Waals surface area contributed by atoms with Gasteiger partial charge in [-0.1, -0.05) is 30.3 Å². The first-order valence-corrected chi connectivity index (χ1v) is 11.5. The van der Waals surface area contributed by atoms with Crippen LogP contribution in [0.15, 0.2) is 72.8 Å². The van der Waals surface area contributed by atoms with Crippen molar-refractivity contribution >= 4 is 17.5 Å². The molecule has 1 aliphatic heterocycles. The third-order valence-electron chi connectivity index (χ3n) is 6.37. The highest BCUT2D eigenvalue weighted by Gasteiger charge is 2.35. The van der Waals surface area contributed by atoms with E-state index in [0.29, 0.717) is 48.0 Å². The van der Waals surface area contributed by atoms with Gasteiger partial charge in [-0.05, 0) is 48.4 Å². The predicted molar refractivity (Wildman–Crippen MR) is 134 cm³/mol. The lowest BCUT2D eigenvalue weighted by molar-refractivity contribution is -0.121. The lowest BCUT2D eigenvalue weighted by atomic mass is 9.83. The number of carbonyl (C=O) groups excluding carboxylic acids is 2. The predicted octanol–water partition coefficient (Wildman–Crippen LogP) is 4.60. The maximum Gasteiger partial charge on any atom is 0.253 e. The Morgan fingerprint density at radius 3 is 2.20 bits per heavy atom. The highest BCUT2D eigenvalue weighted by Crippen LogP contribution is 2.33. The summed E-state index contributed by atoms with van der Waals surface area (Å²) < 4.78 is 15.8. The molecular weight excluding hydrogens is 444 g/mol. The number of methoxy groups -OCH3 is 3. The first kappa shape index (κ1) is 24.1. The molecule has 3 aromatic carbocycles. The van der Waals surface area contributed by atoms with E-state index in [4.69, 9.17) is 14.2 Å². The van der Waals surface area contributed by atoms with Crippen molar-refractivity contribution in [1.82, 2.24) is 4.90 Å². The highest BCUT2D eigenvalue weighted by molar-refractivity contribution is 5.96. The Hall–Kier alpha value is -4.00. The highest BCUT2D eigenvalue weighted by atomic mass is 16.5. The molecule has 182 valence electrons. The van der Waals surface area contributed by atoms with E-state index < -0.39 is 0 Å². The van der Waals surface area contributed by atoms with Crippen LogP contribution in [0.5, 0.6) is 17.2 Å². The molecule has 1 saturated heterocycles. The molecule has 1 fully saturated rings. The molecule has 1 N–H and O–H groups in total. The zero-order chi connectivity index (χ0) is 24.8. The first-order chi connectivity index (χ1) is 17.0. The number of piperidine rings is 1. The number of likely N-dealkylation sites (tertiary alicyclic amines) is 1. The second kappa shape index (κ2) is 11.0. The van der Waals surface area contributed by atoms with Gasteiger partial charge in [0.25, 0.3) is 5.91 Å². The van der Waals surface area contributed by atoms with Crippen LogP contribution in [0.3, 0.4) is 0 Å². The minimum Gasteiger partial charge on any atom is -0.497 e. The van der Waals surface area contributed by atoms with E-state index in [-0.39, 0.29) is 23.7 Å². The van der Waals surface area contributed by atoms with Crippen LogP contribution in [0.1, 0.15) is 28.3 Å². The standard InChI is InChI=1S/C28H30N2O5/c1-33-24-12-9-20(10-13-24)28(32)30-17-21(19-7-5-4-6-8-19)15-22(18-30)27(31)29-23-11-14-25(34-2)26(16-23)35-3/h4-14,16,21-22H,15,17-18H2,1-3H3,(H,29,31). The third-order valence-corrected chi connectivity index (χ3v) is 6.37. The number of nitrogens with one attached hydrogen (secondary N) is 1. The molecule has 0 aliphatic carbocycles. The fourth-order valence-corrected chi connectivity index (χ4v) is 4.50. The second-order valence-corrected chi connectivity index (χ2v) is 8.54. The number of hydrogen-bond acceptors (Lipinski definition) is 5. The monoisotopic (exact) mass is 474 g/mol. The Morgan fingerprint density at radius 2 is 1.54 bits per heavy atom. The molecule has 0 radical (unpaired) electrons. The summed E-state index contributed by atoms with van der Waals surface area (Å²) >= 11 is 0. The summed E-state index contributed by atoms with van der Waals surface area (Å²) in [6, 6.07) is 22.3. The van der Waals surface area contributed by atoms with Crippen LogP contribution in [0.4, 0.5) is 5.69 Å².